The number of nitrogens with zero attached hydrogens (tertiary/aromatic N) is 1. The summed E-state index contributed by atoms with van der Waals surface area (Å²) in [7, 11) is 1.72. The number of hydrogen-bond acceptors (Lipinski definition) is 1. The lowest BCUT2D eigenvalue weighted by atomic mass is 10.2. The number of hydrogen-bond donors (Lipinski definition) is 1. The highest BCUT2D eigenvalue weighted by atomic mass is 79.9. The van der Waals surface area contributed by atoms with E-state index in [2.05, 4.69) is 21.2 Å². The van der Waals surface area contributed by atoms with E-state index in [1.54, 1.807) is 30.1 Å². The van der Waals surface area contributed by atoms with Crippen molar-refractivity contribution in [1.29, 1.82) is 0 Å². The Hall–Kier alpha value is -1.23. The maximum absolute atomic E-state index is 12.2. The predicted molar refractivity (Wildman–Crippen MR) is 91.1 cm³/mol. The number of nitrogens with one attached hydrogen (secondary N) is 1. The van der Waals surface area contributed by atoms with Crippen molar-refractivity contribution in [2.75, 3.05) is 12.4 Å². The molecule has 0 aliphatic carbocycles. The highest BCUT2D eigenvalue weighted by Crippen LogP contribution is 2.25. The van der Waals surface area contributed by atoms with Crippen LogP contribution in [0.3, 0.4) is 0 Å². The van der Waals surface area contributed by atoms with Crippen molar-refractivity contribution in [3.63, 3.8) is 0 Å². The van der Waals surface area contributed by atoms with Gasteiger partial charge in [-0.1, -0.05) is 57.3 Å². The molecule has 0 fully saturated rings. The van der Waals surface area contributed by atoms with E-state index in [1.165, 1.54) is 0 Å². The van der Waals surface area contributed by atoms with E-state index in [0.29, 0.717) is 22.3 Å². The molecule has 6 heteroatoms. The molecule has 21 heavy (non-hydrogen) atoms. The van der Waals surface area contributed by atoms with Gasteiger partial charge in [0, 0.05) is 23.1 Å². The lowest BCUT2D eigenvalue weighted by Crippen LogP contribution is -2.31. The number of carbonyl (C=O) groups excluding carboxylic acids is 1. The zero-order valence-corrected chi connectivity index (χ0v) is 14.3. The van der Waals surface area contributed by atoms with E-state index in [1.807, 2.05) is 24.3 Å². The molecule has 2 rings (SSSR count). The largest absolute Gasteiger partial charge is 0.323 e. The van der Waals surface area contributed by atoms with Crippen LogP contribution >= 0.6 is 39.1 Å². The third kappa shape index (κ3) is 4.37. The van der Waals surface area contributed by atoms with Crippen LogP contribution in [0.2, 0.25) is 10.0 Å². The Kier molecular flexibility index (Phi) is 5.51. The van der Waals surface area contributed by atoms with Gasteiger partial charge >= 0.3 is 6.03 Å². The third-order valence-corrected chi connectivity index (χ3v) is 4.21. The van der Waals surface area contributed by atoms with Gasteiger partial charge in [0.1, 0.15) is 0 Å². The van der Waals surface area contributed by atoms with Crippen molar-refractivity contribution in [3.8, 4) is 0 Å². The number of halogens is 3. The average molecular weight is 388 g/mol. The fourth-order valence-corrected chi connectivity index (χ4v) is 2.62. The number of urea groups is 1. The number of anilines is 1. The molecule has 2 aromatic carbocycles. The van der Waals surface area contributed by atoms with Gasteiger partial charge in [-0.15, -0.1) is 0 Å². The number of carbonyl (C=O) groups is 1. The van der Waals surface area contributed by atoms with Gasteiger partial charge in [-0.2, -0.15) is 0 Å². The fraction of sp³-hybridized carbons (Fsp3) is 0.133. The normalized spacial score (nSPS) is 10.3. The minimum Gasteiger partial charge on any atom is -0.323 e. The minimum absolute atomic E-state index is 0.241. The lowest BCUT2D eigenvalue weighted by molar-refractivity contribution is 0.220. The van der Waals surface area contributed by atoms with Crippen LogP contribution in [-0.2, 0) is 6.54 Å². The molecule has 0 saturated heterocycles. The smallest absolute Gasteiger partial charge is 0.321 e. The number of benzene rings is 2. The van der Waals surface area contributed by atoms with Crippen LogP contribution in [0.5, 0.6) is 0 Å². The molecule has 1 N–H and O–H groups in total. The Morgan fingerprint density at radius 1 is 1.24 bits per heavy atom. The molecule has 110 valence electrons. The Bertz CT molecular complexity index is 664. The van der Waals surface area contributed by atoms with Crippen LogP contribution in [0.25, 0.3) is 0 Å². The van der Waals surface area contributed by atoms with E-state index in [4.69, 9.17) is 23.2 Å². The predicted octanol–water partition coefficient (Wildman–Crippen LogP) is 5.42. The molecule has 0 aliphatic rings. The summed E-state index contributed by atoms with van der Waals surface area (Å²) in [5.41, 5.74) is 1.56. The first kappa shape index (κ1) is 16.1. The van der Waals surface area contributed by atoms with Crippen molar-refractivity contribution in [2.45, 2.75) is 6.54 Å². The molecule has 3 nitrogen and oxygen atoms in total. The van der Waals surface area contributed by atoms with Crippen molar-refractivity contribution >= 4 is 50.9 Å². The standard InChI is InChI=1S/C15H13BrCl2N2O/c1-20(9-10-4-2-3-5-12(10)16)15(21)19-14-7-6-11(17)8-13(14)18/h2-8H,9H2,1H3,(H,19,21). The monoisotopic (exact) mass is 386 g/mol. The van der Waals surface area contributed by atoms with Gasteiger partial charge in [-0.05, 0) is 29.8 Å². The fourth-order valence-electron chi connectivity index (χ4n) is 1.76. The van der Waals surface area contributed by atoms with Crippen LogP contribution in [0.15, 0.2) is 46.9 Å². The van der Waals surface area contributed by atoms with Crippen molar-refractivity contribution in [1.82, 2.24) is 4.90 Å². The molecule has 0 unspecified atom stereocenters. The Balaban J connectivity index is 2.04. The van der Waals surface area contributed by atoms with Gasteiger partial charge in [0.25, 0.3) is 0 Å². The molecule has 0 spiro atoms. The first-order valence-corrected chi connectivity index (χ1v) is 7.73. The average Bonchev–Trinajstić information content (AvgIpc) is 2.44. The molecule has 0 saturated carbocycles. The second-order valence-electron chi connectivity index (χ2n) is 4.50. The second-order valence-corrected chi connectivity index (χ2v) is 6.20. The van der Waals surface area contributed by atoms with Crippen molar-refractivity contribution in [2.24, 2.45) is 0 Å². The van der Waals surface area contributed by atoms with Crippen LogP contribution in [0, 0.1) is 0 Å². The highest BCUT2D eigenvalue weighted by molar-refractivity contribution is 9.10. The van der Waals surface area contributed by atoms with Gasteiger partial charge in [0.15, 0.2) is 0 Å². The molecule has 0 aromatic heterocycles. The van der Waals surface area contributed by atoms with E-state index in [0.717, 1.165) is 10.0 Å². The summed E-state index contributed by atoms with van der Waals surface area (Å²) < 4.78 is 0.967. The van der Waals surface area contributed by atoms with Crippen molar-refractivity contribution < 1.29 is 4.79 Å². The molecule has 0 atom stereocenters. The number of amides is 2. The second kappa shape index (κ2) is 7.16. The summed E-state index contributed by atoms with van der Waals surface area (Å²) >= 11 is 15.3. The molecular weight excluding hydrogens is 375 g/mol. The zero-order chi connectivity index (χ0) is 15.4. The topological polar surface area (TPSA) is 32.3 Å². The molecule has 0 radical (unpaired) electrons. The molecule has 2 aromatic rings. The first-order chi connectivity index (χ1) is 9.97. The SMILES string of the molecule is CN(Cc1ccccc1Br)C(=O)Nc1ccc(Cl)cc1Cl. The van der Waals surface area contributed by atoms with Crippen LogP contribution in [-0.4, -0.2) is 18.0 Å². The first-order valence-electron chi connectivity index (χ1n) is 6.18. The lowest BCUT2D eigenvalue weighted by Gasteiger charge is -2.19. The van der Waals surface area contributed by atoms with E-state index < -0.39 is 0 Å². The van der Waals surface area contributed by atoms with Crippen LogP contribution < -0.4 is 5.32 Å². The quantitative estimate of drug-likeness (QED) is 0.749. The summed E-state index contributed by atoms with van der Waals surface area (Å²) in [6.45, 7) is 0.485. The van der Waals surface area contributed by atoms with Crippen molar-refractivity contribution in [3.05, 3.63) is 62.5 Å². The Morgan fingerprint density at radius 3 is 2.62 bits per heavy atom. The minimum atomic E-state index is -0.241. The third-order valence-electron chi connectivity index (χ3n) is 2.88. The number of rotatable bonds is 3. The van der Waals surface area contributed by atoms with Gasteiger partial charge in [0.05, 0.1) is 10.7 Å². The Labute approximate surface area is 142 Å². The summed E-state index contributed by atoms with van der Waals surface area (Å²) in [5.74, 6) is 0. The van der Waals surface area contributed by atoms with E-state index in [9.17, 15) is 4.79 Å². The summed E-state index contributed by atoms with van der Waals surface area (Å²) in [5, 5.41) is 3.69. The van der Waals surface area contributed by atoms with Gasteiger partial charge in [-0.3, -0.25) is 0 Å². The maximum Gasteiger partial charge on any atom is 0.321 e. The maximum atomic E-state index is 12.2. The summed E-state index contributed by atoms with van der Waals surface area (Å²) in [6.07, 6.45) is 0. The Morgan fingerprint density at radius 2 is 1.95 bits per heavy atom. The molecule has 2 amide bonds. The highest BCUT2D eigenvalue weighted by Gasteiger charge is 2.12. The molecule has 0 bridgehead atoms. The molecule has 0 heterocycles. The van der Waals surface area contributed by atoms with E-state index in [-0.39, 0.29) is 6.03 Å². The van der Waals surface area contributed by atoms with Crippen LogP contribution in [0.4, 0.5) is 10.5 Å². The summed E-state index contributed by atoms with van der Waals surface area (Å²) in [6, 6.07) is 12.5. The van der Waals surface area contributed by atoms with Crippen LogP contribution in [0.1, 0.15) is 5.56 Å². The van der Waals surface area contributed by atoms with Gasteiger partial charge in [-0.25, -0.2) is 4.79 Å². The van der Waals surface area contributed by atoms with Gasteiger partial charge in [0.2, 0.25) is 0 Å². The molecular formula is C15H13BrCl2N2O. The van der Waals surface area contributed by atoms with Gasteiger partial charge < -0.3 is 10.2 Å². The van der Waals surface area contributed by atoms with E-state index >= 15 is 0 Å². The summed E-state index contributed by atoms with van der Waals surface area (Å²) in [4.78, 5) is 13.7. The zero-order valence-electron chi connectivity index (χ0n) is 11.2. The molecule has 0 aliphatic heterocycles.